The standard InChI is InChI=1S/C16H23BrN4/c1-3-8-21-16(19-12-20-21)10-13(11-18-2)9-14-6-4-5-7-15(14)17/h4-7,12-13,18H,3,8-11H2,1-2H3. The van der Waals surface area contributed by atoms with Crippen LogP contribution in [0.25, 0.3) is 0 Å². The van der Waals surface area contributed by atoms with Crippen LogP contribution in [0.3, 0.4) is 0 Å². The largest absolute Gasteiger partial charge is 0.319 e. The second-order valence-electron chi connectivity index (χ2n) is 5.32. The average molecular weight is 351 g/mol. The van der Waals surface area contributed by atoms with Crippen LogP contribution in [-0.2, 0) is 19.4 Å². The first-order valence-corrected chi connectivity index (χ1v) is 8.28. The Balaban J connectivity index is 2.08. The third-order valence-corrected chi connectivity index (χ3v) is 4.34. The van der Waals surface area contributed by atoms with Gasteiger partial charge in [-0.2, -0.15) is 5.10 Å². The number of hydrogen-bond acceptors (Lipinski definition) is 3. The molecule has 2 rings (SSSR count). The van der Waals surface area contributed by atoms with Crippen LogP contribution in [0.5, 0.6) is 0 Å². The number of nitrogens with one attached hydrogen (secondary N) is 1. The van der Waals surface area contributed by atoms with Gasteiger partial charge in [0.05, 0.1) is 0 Å². The van der Waals surface area contributed by atoms with Gasteiger partial charge in [-0.25, -0.2) is 4.98 Å². The zero-order valence-corrected chi connectivity index (χ0v) is 14.3. The number of halogens is 1. The SMILES string of the molecule is CCCn1ncnc1CC(CNC)Cc1ccccc1Br. The molecule has 2 aromatic rings. The summed E-state index contributed by atoms with van der Waals surface area (Å²) in [5.41, 5.74) is 1.35. The molecule has 0 spiro atoms. The Hall–Kier alpha value is -1.20. The van der Waals surface area contributed by atoms with E-state index in [0.29, 0.717) is 5.92 Å². The van der Waals surface area contributed by atoms with Crippen molar-refractivity contribution in [1.29, 1.82) is 0 Å². The molecule has 1 atom stereocenters. The van der Waals surface area contributed by atoms with E-state index in [9.17, 15) is 0 Å². The normalized spacial score (nSPS) is 12.5. The van der Waals surface area contributed by atoms with Crippen LogP contribution in [0.4, 0.5) is 0 Å². The second kappa shape index (κ2) is 8.29. The maximum atomic E-state index is 4.43. The molecule has 1 heterocycles. The second-order valence-corrected chi connectivity index (χ2v) is 6.18. The number of hydrogen-bond donors (Lipinski definition) is 1. The molecule has 4 nitrogen and oxygen atoms in total. The number of rotatable bonds is 8. The minimum absolute atomic E-state index is 0.508. The molecule has 114 valence electrons. The van der Waals surface area contributed by atoms with Crippen molar-refractivity contribution >= 4 is 15.9 Å². The Morgan fingerprint density at radius 1 is 1.29 bits per heavy atom. The molecular formula is C16H23BrN4. The summed E-state index contributed by atoms with van der Waals surface area (Å²) in [6.07, 6.45) is 4.72. The van der Waals surface area contributed by atoms with E-state index in [-0.39, 0.29) is 0 Å². The highest BCUT2D eigenvalue weighted by Crippen LogP contribution is 2.21. The van der Waals surface area contributed by atoms with Gasteiger partial charge in [0.1, 0.15) is 12.2 Å². The zero-order valence-electron chi connectivity index (χ0n) is 12.7. The van der Waals surface area contributed by atoms with Crippen molar-refractivity contribution in [2.75, 3.05) is 13.6 Å². The van der Waals surface area contributed by atoms with Crippen LogP contribution in [0.1, 0.15) is 24.7 Å². The molecular weight excluding hydrogens is 328 g/mol. The van der Waals surface area contributed by atoms with Gasteiger partial charge in [0, 0.05) is 17.4 Å². The highest BCUT2D eigenvalue weighted by Gasteiger charge is 2.15. The van der Waals surface area contributed by atoms with E-state index in [2.05, 4.69) is 62.5 Å². The van der Waals surface area contributed by atoms with E-state index >= 15 is 0 Å². The summed E-state index contributed by atoms with van der Waals surface area (Å²) < 4.78 is 3.21. The van der Waals surface area contributed by atoms with Crippen LogP contribution < -0.4 is 5.32 Å². The lowest BCUT2D eigenvalue weighted by molar-refractivity contribution is 0.457. The van der Waals surface area contributed by atoms with Gasteiger partial charge in [-0.1, -0.05) is 41.1 Å². The summed E-state index contributed by atoms with van der Waals surface area (Å²) in [6, 6.07) is 8.43. The monoisotopic (exact) mass is 350 g/mol. The van der Waals surface area contributed by atoms with Crippen molar-refractivity contribution in [1.82, 2.24) is 20.1 Å². The molecule has 1 unspecified atom stereocenters. The quantitative estimate of drug-likeness (QED) is 0.795. The fraction of sp³-hybridized carbons (Fsp3) is 0.500. The van der Waals surface area contributed by atoms with E-state index in [1.165, 1.54) is 10.0 Å². The van der Waals surface area contributed by atoms with Gasteiger partial charge in [0.2, 0.25) is 0 Å². The summed E-state index contributed by atoms with van der Waals surface area (Å²) in [5.74, 6) is 1.60. The third-order valence-electron chi connectivity index (χ3n) is 3.56. The third kappa shape index (κ3) is 4.64. The smallest absolute Gasteiger partial charge is 0.138 e. The van der Waals surface area contributed by atoms with Crippen LogP contribution in [-0.4, -0.2) is 28.4 Å². The Morgan fingerprint density at radius 2 is 2.10 bits per heavy atom. The van der Waals surface area contributed by atoms with Gasteiger partial charge < -0.3 is 5.32 Å². The molecule has 1 aromatic carbocycles. The van der Waals surface area contributed by atoms with Gasteiger partial charge in [-0.05, 0) is 44.0 Å². The predicted molar refractivity (Wildman–Crippen MR) is 89.3 cm³/mol. The summed E-state index contributed by atoms with van der Waals surface area (Å²) in [6.45, 7) is 4.08. The number of nitrogens with zero attached hydrogens (tertiary/aromatic N) is 3. The molecule has 0 fully saturated rings. The van der Waals surface area contributed by atoms with E-state index < -0.39 is 0 Å². The number of aryl methyl sites for hydroxylation is 1. The lowest BCUT2D eigenvalue weighted by Gasteiger charge is -2.17. The molecule has 5 heteroatoms. The Kier molecular flexibility index (Phi) is 6.39. The van der Waals surface area contributed by atoms with Crippen molar-refractivity contribution in [3.8, 4) is 0 Å². The molecule has 1 N–H and O–H groups in total. The molecule has 0 amide bonds. The highest BCUT2D eigenvalue weighted by molar-refractivity contribution is 9.10. The molecule has 0 bridgehead atoms. The minimum atomic E-state index is 0.508. The first-order valence-electron chi connectivity index (χ1n) is 7.49. The summed E-state index contributed by atoms with van der Waals surface area (Å²) in [7, 11) is 2.00. The van der Waals surface area contributed by atoms with Crippen molar-refractivity contribution < 1.29 is 0 Å². The topological polar surface area (TPSA) is 42.7 Å². The number of aromatic nitrogens is 3. The first-order chi connectivity index (χ1) is 10.2. The lowest BCUT2D eigenvalue weighted by Crippen LogP contribution is -2.24. The fourth-order valence-electron chi connectivity index (χ4n) is 2.58. The molecule has 0 radical (unpaired) electrons. The Labute approximate surface area is 135 Å². The van der Waals surface area contributed by atoms with Crippen LogP contribution in [0.15, 0.2) is 35.1 Å². The van der Waals surface area contributed by atoms with Gasteiger partial charge in [-0.15, -0.1) is 0 Å². The fourth-order valence-corrected chi connectivity index (χ4v) is 3.03. The maximum Gasteiger partial charge on any atom is 0.138 e. The van der Waals surface area contributed by atoms with Crippen molar-refractivity contribution in [2.24, 2.45) is 5.92 Å². The summed E-state index contributed by atoms with van der Waals surface area (Å²) in [4.78, 5) is 4.43. The van der Waals surface area contributed by atoms with Crippen molar-refractivity contribution in [3.05, 3.63) is 46.5 Å². The summed E-state index contributed by atoms with van der Waals surface area (Å²) in [5, 5.41) is 7.62. The van der Waals surface area contributed by atoms with Gasteiger partial charge in [0.15, 0.2) is 0 Å². The molecule has 0 saturated carbocycles. The number of benzene rings is 1. The predicted octanol–water partition coefficient (Wildman–Crippen LogP) is 3.07. The molecule has 0 aliphatic rings. The Bertz CT molecular complexity index is 553. The average Bonchev–Trinajstić information content (AvgIpc) is 2.89. The van der Waals surface area contributed by atoms with Crippen LogP contribution in [0, 0.1) is 5.92 Å². The Morgan fingerprint density at radius 3 is 2.81 bits per heavy atom. The van der Waals surface area contributed by atoms with Crippen LogP contribution in [0.2, 0.25) is 0 Å². The van der Waals surface area contributed by atoms with E-state index in [1.54, 1.807) is 6.33 Å². The van der Waals surface area contributed by atoms with E-state index in [0.717, 1.165) is 38.2 Å². The lowest BCUT2D eigenvalue weighted by atomic mass is 9.95. The maximum absolute atomic E-state index is 4.43. The first kappa shape index (κ1) is 16.2. The molecule has 0 aliphatic carbocycles. The highest BCUT2D eigenvalue weighted by atomic mass is 79.9. The van der Waals surface area contributed by atoms with E-state index in [1.807, 2.05) is 11.7 Å². The molecule has 0 saturated heterocycles. The molecule has 0 aliphatic heterocycles. The van der Waals surface area contributed by atoms with Crippen molar-refractivity contribution in [3.63, 3.8) is 0 Å². The van der Waals surface area contributed by atoms with Gasteiger partial charge >= 0.3 is 0 Å². The zero-order chi connectivity index (χ0) is 15.1. The summed E-state index contributed by atoms with van der Waals surface area (Å²) >= 11 is 3.64. The van der Waals surface area contributed by atoms with E-state index in [4.69, 9.17) is 0 Å². The van der Waals surface area contributed by atoms with Gasteiger partial charge in [0.25, 0.3) is 0 Å². The van der Waals surface area contributed by atoms with Crippen molar-refractivity contribution in [2.45, 2.75) is 32.7 Å². The minimum Gasteiger partial charge on any atom is -0.319 e. The van der Waals surface area contributed by atoms with Crippen LogP contribution >= 0.6 is 15.9 Å². The van der Waals surface area contributed by atoms with Gasteiger partial charge in [-0.3, -0.25) is 4.68 Å². The molecule has 21 heavy (non-hydrogen) atoms. The molecule has 1 aromatic heterocycles.